The summed E-state index contributed by atoms with van der Waals surface area (Å²) in [4.78, 5) is 13.2. The van der Waals surface area contributed by atoms with Crippen LogP contribution in [0.25, 0.3) is 0 Å². The molecule has 0 aliphatic rings. The molecule has 3 rings (SSSR count). The van der Waals surface area contributed by atoms with Crippen LogP contribution >= 0.6 is 8.58 Å². The minimum atomic E-state index is -0.739. The van der Waals surface area contributed by atoms with Gasteiger partial charge in [0, 0.05) is 0 Å². The Morgan fingerprint density at radius 1 is 0.652 bits per heavy atom. The van der Waals surface area contributed by atoms with Gasteiger partial charge in [-0.25, -0.2) is 0 Å². The molecule has 1 unspecified atom stereocenters. The van der Waals surface area contributed by atoms with E-state index in [0.717, 1.165) is 16.7 Å². The Labute approximate surface area is 139 Å². The maximum atomic E-state index is 13.2. The van der Waals surface area contributed by atoms with Crippen molar-refractivity contribution in [3.05, 3.63) is 108 Å². The van der Waals surface area contributed by atoms with Crippen molar-refractivity contribution >= 4 is 14.1 Å². The van der Waals surface area contributed by atoms with E-state index < -0.39 is 5.41 Å². The molecule has 3 aromatic rings. The molecule has 0 heterocycles. The van der Waals surface area contributed by atoms with Crippen molar-refractivity contribution < 1.29 is 4.79 Å². The van der Waals surface area contributed by atoms with Gasteiger partial charge in [-0.2, -0.15) is 0 Å². The molecular formula is C21H19OP. The Bertz CT molecular complexity index is 670. The first-order valence-corrected chi connectivity index (χ1v) is 9.19. The summed E-state index contributed by atoms with van der Waals surface area (Å²) in [6.07, 6.45) is 0. The smallest absolute Gasteiger partial charge is 0.170 e. The zero-order valence-corrected chi connectivity index (χ0v) is 14.1. The lowest BCUT2D eigenvalue weighted by Gasteiger charge is -2.34. The fourth-order valence-electron chi connectivity index (χ4n) is 3.15. The first kappa shape index (κ1) is 15.6. The van der Waals surface area contributed by atoms with Gasteiger partial charge in [0.2, 0.25) is 0 Å². The van der Waals surface area contributed by atoms with Crippen LogP contribution in [0, 0.1) is 0 Å². The first-order chi connectivity index (χ1) is 11.3. The molecule has 0 radical (unpaired) electrons. The fourth-order valence-corrected chi connectivity index (χ4v) is 3.95. The van der Waals surface area contributed by atoms with Crippen molar-refractivity contribution in [2.45, 2.75) is 5.41 Å². The van der Waals surface area contributed by atoms with E-state index >= 15 is 0 Å². The van der Waals surface area contributed by atoms with E-state index in [0.29, 0.717) is 0 Å². The average molecular weight is 318 g/mol. The second-order valence-electron chi connectivity index (χ2n) is 5.43. The summed E-state index contributed by atoms with van der Waals surface area (Å²) < 4.78 is 0. The summed E-state index contributed by atoms with van der Waals surface area (Å²) in [5.41, 5.74) is 2.57. The topological polar surface area (TPSA) is 17.1 Å². The number of benzene rings is 3. The van der Waals surface area contributed by atoms with Crippen molar-refractivity contribution in [3.63, 3.8) is 0 Å². The van der Waals surface area contributed by atoms with Crippen LogP contribution in [-0.4, -0.2) is 12.2 Å². The van der Waals surface area contributed by atoms with Crippen molar-refractivity contribution in [1.82, 2.24) is 0 Å². The van der Waals surface area contributed by atoms with Gasteiger partial charge in [0.05, 0.1) is 0 Å². The molecule has 0 saturated heterocycles. The van der Waals surface area contributed by atoms with Gasteiger partial charge in [-0.1, -0.05) is 99.6 Å². The SMILES string of the molecule is CPC(=O)C(c1ccccc1)(c1ccccc1)c1ccccc1. The monoisotopic (exact) mass is 318 g/mol. The van der Waals surface area contributed by atoms with Crippen molar-refractivity contribution in [3.8, 4) is 0 Å². The van der Waals surface area contributed by atoms with E-state index in [4.69, 9.17) is 0 Å². The molecule has 114 valence electrons. The van der Waals surface area contributed by atoms with Crippen molar-refractivity contribution in [2.75, 3.05) is 6.66 Å². The van der Waals surface area contributed by atoms with Crippen LogP contribution in [0.15, 0.2) is 91.0 Å². The second-order valence-corrected chi connectivity index (χ2v) is 6.38. The molecular weight excluding hydrogens is 299 g/mol. The molecule has 0 fully saturated rings. The zero-order chi connectivity index (χ0) is 16.1. The number of carbonyl (C=O) groups is 1. The van der Waals surface area contributed by atoms with E-state index in [-0.39, 0.29) is 14.1 Å². The average Bonchev–Trinajstić information content (AvgIpc) is 2.65. The highest BCUT2D eigenvalue weighted by molar-refractivity contribution is 7.57. The van der Waals surface area contributed by atoms with E-state index in [2.05, 4.69) is 36.4 Å². The van der Waals surface area contributed by atoms with Crippen LogP contribution in [0.2, 0.25) is 0 Å². The van der Waals surface area contributed by atoms with Crippen LogP contribution in [0.5, 0.6) is 0 Å². The Kier molecular flexibility index (Phi) is 4.69. The van der Waals surface area contributed by atoms with E-state index in [1.165, 1.54) is 0 Å². The number of rotatable bonds is 5. The Balaban J connectivity index is 2.38. The van der Waals surface area contributed by atoms with Crippen LogP contribution in [0.3, 0.4) is 0 Å². The minimum absolute atomic E-state index is 0.221. The van der Waals surface area contributed by atoms with Gasteiger partial charge in [-0.3, -0.25) is 4.79 Å². The minimum Gasteiger partial charge on any atom is -0.293 e. The number of hydrogen-bond acceptors (Lipinski definition) is 1. The van der Waals surface area contributed by atoms with E-state index in [9.17, 15) is 4.79 Å². The molecule has 23 heavy (non-hydrogen) atoms. The molecule has 0 saturated carbocycles. The third-order valence-electron chi connectivity index (χ3n) is 4.19. The van der Waals surface area contributed by atoms with Crippen molar-refractivity contribution in [1.29, 1.82) is 0 Å². The lowest BCUT2D eigenvalue weighted by Crippen LogP contribution is -2.36. The van der Waals surface area contributed by atoms with Crippen LogP contribution in [0.1, 0.15) is 16.7 Å². The standard InChI is InChI=1S/C21H19OP/c1-23-20(22)21(17-11-5-2-6-12-17,18-13-7-3-8-14-18)19-15-9-4-10-16-19/h2-16,23H,1H3. The third-order valence-corrected chi connectivity index (χ3v) is 5.02. The van der Waals surface area contributed by atoms with E-state index in [1.807, 2.05) is 61.3 Å². The Hall–Kier alpha value is -2.24. The van der Waals surface area contributed by atoms with Gasteiger partial charge in [0.25, 0.3) is 0 Å². The zero-order valence-electron chi connectivity index (χ0n) is 13.1. The molecule has 1 atom stereocenters. The summed E-state index contributed by atoms with van der Waals surface area (Å²) in [6.45, 7) is 1.96. The predicted molar refractivity (Wildman–Crippen MR) is 98.5 cm³/mol. The molecule has 1 nitrogen and oxygen atoms in total. The van der Waals surface area contributed by atoms with Gasteiger partial charge in [-0.15, -0.1) is 0 Å². The summed E-state index contributed by atoms with van der Waals surface area (Å²) >= 11 is 0. The molecule has 0 aliphatic carbocycles. The molecule has 0 amide bonds. The van der Waals surface area contributed by atoms with Crippen LogP contribution in [0.4, 0.5) is 0 Å². The molecule has 3 aromatic carbocycles. The summed E-state index contributed by atoms with van der Waals surface area (Å²) in [6, 6.07) is 30.3. The maximum Gasteiger partial charge on any atom is 0.170 e. The molecule has 2 heteroatoms. The lowest BCUT2D eigenvalue weighted by atomic mass is 9.70. The number of carbonyl (C=O) groups excluding carboxylic acids is 1. The largest absolute Gasteiger partial charge is 0.293 e. The molecule has 0 bridgehead atoms. The second kappa shape index (κ2) is 6.89. The highest BCUT2D eigenvalue weighted by atomic mass is 31.1. The first-order valence-electron chi connectivity index (χ1n) is 7.69. The van der Waals surface area contributed by atoms with E-state index in [1.54, 1.807) is 0 Å². The van der Waals surface area contributed by atoms with Gasteiger partial charge < -0.3 is 0 Å². The van der Waals surface area contributed by atoms with Gasteiger partial charge in [-0.05, 0) is 23.4 Å². The molecule has 0 aromatic heterocycles. The third kappa shape index (κ3) is 2.73. The molecule has 0 spiro atoms. The van der Waals surface area contributed by atoms with Gasteiger partial charge in [0.1, 0.15) is 5.41 Å². The van der Waals surface area contributed by atoms with Gasteiger partial charge >= 0.3 is 0 Å². The predicted octanol–water partition coefficient (Wildman–Crippen LogP) is 4.86. The van der Waals surface area contributed by atoms with Crippen molar-refractivity contribution in [2.24, 2.45) is 0 Å². The Morgan fingerprint density at radius 2 is 0.957 bits per heavy atom. The van der Waals surface area contributed by atoms with Crippen LogP contribution < -0.4 is 0 Å². The summed E-state index contributed by atoms with van der Waals surface area (Å²) in [5.74, 6) is 0. The fraction of sp³-hybridized carbons (Fsp3) is 0.0952. The summed E-state index contributed by atoms with van der Waals surface area (Å²) in [7, 11) is 0.221. The number of hydrogen-bond donors (Lipinski definition) is 0. The maximum absolute atomic E-state index is 13.2. The van der Waals surface area contributed by atoms with Crippen LogP contribution in [-0.2, 0) is 10.2 Å². The highest BCUT2D eigenvalue weighted by Gasteiger charge is 2.42. The lowest BCUT2D eigenvalue weighted by molar-refractivity contribution is -0.113. The molecule has 0 N–H and O–H groups in total. The normalized spacial score (nSPS) is 11.7. The Morgan fingerprint density at radius 3 is 1.22 bits per heavy atom. The van der Waals surface area contributed by atoms with Gasteiger partial charge in [0.15, 0.2) is 5.52 Å². The quantitative estimate of drug-likeness (QED) is 0.485. The molecule has 0 aliphatic heterocycles. The highest BCUT2D eigenvalue weighted by Crippen LogP contribution is 2.43. The summed E-state index contributed by atoms with van der Waals surface area (Å²) in [5, 5.41) is 0.